The number of anilines is 1. The Balaban J connectivity index is 1.56. The van der Waals surface area contributed by atoms with Crippen LogP contribution in [0.4, 0.5) is 5.69 Å². The SMILES string of the molecule is CC(C)(C)c1cc(C(=O)Nc2cc(Cl)cc3c2[nH]c2cnccc23)n(Cc2ccccc2)n1. The van der Waals surface area contributed by atoms with Gasteiger partial charge in [0.1, 0.15) is 5.69 Å². The highest BCUT2D eigenvalue weighted by atomic mass is 35.5. The minimum Gasteiger partial charge on any atom is -0.352 e. The second kappa shape index (κ2) is 8.05. The molecular formula is C26H24ClN5O. The van der Waals surface area contributed by atoms with Crippen molar-refractivity contribution in [3.63, 3.8) is 0 Å². The Labute approximate surface area is 196 Å². The van der Waals surface area contributed by atoms with Gasteiger partial charge in [0.05, 0.1) is 35.2 Å². The van der Waals surface area contributed by atoms with E-state index in [9.17, 15) is 4.79 Å². The van der Waals surface area contributed by atoms with Crippen molar-refractivity contribution in [2.45, 2.75) is 32.7 Å². The summed E-state index contributed by atoms with van der Waals surface area (Å²) in [6.07, 6.45) is 3.50. The first-order chi connectivity index (χ1) is 15.8. The third-order valence-corrected chi connectivity index (χ3v) is 5.90. The van der Waals surface area contributed by atoms with E-state index in [1.807, 2.05) is 48.5 Å². The molecule has 0 unspecified atom stereocenters. The van der Waals surface area contributed by atoms with Crippen molar-refractivity contribution < 1.29 is 4.79 Å². The second-order valence-electron chi connectivity index (χ2n) is 9.18. The molecule has 0 saturated carbocycles. The van der Waals surface area contributed by atoms with Gasteiger partial charge in [-0.05, 0) is 29.8 Å². The number of aromatic nitrogens is 4. The number of fused-ring (bicyclic) bond motifs is 3. The molecule has 5 rings (SSSR count). The Bertz CT molecular complexity index is 1480. The first-order valence-electron chi connectivity index (χ1n) is 10.8. The summed E-state index contributed by atoms with van der Waals surface area (Å²) in [5.41, 5.74) is 4.54. The van der Waals surface area contributed by atoms with Crippen LogP contribution in [-0.2, 0) is 12.0 Å². The van der Waals surface area contributed by atoms with Crippen LogP contribution < -0.4 is 5.32 Å². The van der Waals surface area contributed by atoms with Crippen molar-refractivity contribution in [2.75, 3.05) is 5.32 Å². The first-order valence-corrected chi connectivity index (χ1v) is 11.2. The first kappa shape index (κ1) is 21.2. The van der Waals surface area contributed by atoms with Gasteiger partial charge in [-0.2, -0.15) is 5.10 Å². The number of carbonyl (C=O) groups is 1. The quantitative estimate of drug-likeness (QED) is 0.339. The van der Waals surface area contributed by atoms with Gasteiger partial charge in [0.15, 0.2) is 0 Å². The van der Waals surface area contributed by atoms with Gasteiger partial charge in [-0.15, -0.1) is 0 Å². The van der Waals surface area contributed by atoms with Crippen LogP contribution in [-0.4, -0.2) is 25.7 Å². The van der Waals surface area contributed by atoms with Gasteiger partial charge in [0.2, 0.25) is 0 Å². The molecule has 166 valence electrons. The largest absolute Gasteiger partial charge is 0.352 e. The predicted molar refractivity (Wildman–Crippen MR) is 133 cm³/mol. The topological polar surface area (TPSA) is 75.6 Å². The molecule has 3 heterocycles. The van der Waals surface area contributed by atoms with Crippen molar-refractivity contribution in [1.82, 2.24) is 19.7 Å². The normalized spacial score (nSPS) is 11.9. The third kappa shape index (κ3) is 4.10. The fraction of sp³-hybridized carbons (Fsp3) is 0.192. The molecule has 7 heteroatoms. The Morgan fingerprint density at radius 1 is 1.09 bits per heavy atom. The van der Waals surface area contributed by atoms with Gasteiger partial charge in [0.25, 0.3) is 5.91 Å². The van der Waals surface area contributed by atoms with E-state index in [0.717, 1.165) is 33.1 Å². The number of hydrogen-bond donors (Lipinski definition) is 2. The molecule has 3 aromatic heterocycles. The molecule has 0 atom stereocenters. The highest BCUT2D eigenvalue weighted by Gasteiger charge is 2.24. The molecule has 0 fully saturated rings. The van der Waals surface area contributed by atoms with Gasteiger partial charge >= 0.3 is 0 Å². The molecular weight excluding hydrogens is 434 g/mol. The van der Waals surface area contributed by atoms with E-state index in [4.69, 9.17) is 16.7 Å². The zero-order valence-corrected chi connectivity index (χ0v) is 19.4. The number of hydrogen-bond acceptors (Lipinski definition) is 3. The average molecular weight is 458 g/mol. The van der Waals surface area contributed by atoms with Crippen molar-refractivity contribution in [1.29, 1.82) is 0 Å². The number of nitrogens with zero attached hydrogens (tertiary/aromatic N) is 3. The molecule has 0 spiro atoms. The molecule has 0 radical (unpaired) electrons. The van der Waals surface area contributed by atoms with E-state index in [0.29, 0.717) is 22.9 Å². The van der Waals surface area contributed by atoms with Crippen LogP contribution in [0.3, 0.4) is 0 Å². The Morgan fingerprint density at radius 3 is 2.64 bits per heavy atom. The molecule has 2 N–H and O–H groups in total. The second-order valence-corrected chi connectivity index (χ2v) is 9.62. The molecule has 0 aliphatic carbocycles. The maximum atomic E-state index is 13.5. The highest BCUT2D eigenvalue weighted by Crippen LogP contribution is 2.33. The maximum absolute atomic E-state index is 13.5. The van der Waals surface area contributed by atoms with Crippen molar-refractivity contribution in [3.8, 4) is 0 Å². The summed E-state index contributed by atoms with van der Waals surface area (Å²) in [6, 6.07) is 17.4. The minimum atomic E-state index is -0.241. The molecule has 1 amide bonds. The van der Waals surface area contributed by atoms with E-state index in [1.54, 1.807) is 23.1 Å². The van der Waals surface area contributed by atoms with Crippen molar-refractivity contribution in [3.05, 3.63) is 89.0 Å². The summed E-state index contributed by atoms with van der Waals surface area (Å²) in [5.74, 6) is -0.241. The Kier molecular flexibility index (Phi) is 5.17. The lowest BCUT2D eigenvalue weighted by molar-refractivity contribution is 0.101. The lowest BCUT2D eigenvalue weighted by atomic mass is 9.92. The fourth-order valence-corrected chi connectivity index (χ4v) is 4.16. The highest BCUT2D eigenvalue weighted by molar-refractivity contribution is 6.33. The van der Waals surface area contributed by atoms with Crippen LogP contribution in [0.5, 0.6) is 0 Å². The number of benzene rings is 2. The molecule has 0 saturated heterocycles. The van der Waals surface area contributed by atoms with Gasteiger partial charge in [-0.1, -0.05) is 62.7 Å². The van der Waals surface area contributed by atoms with Gasteiger partial charge in [-0.25, -0.2) is 0 Å². The lowest BCUT2D eigenvalue weighted by Crippen LogP contribution is -2.18. The summed E-state index contributed by atoms with van der Waals surface area (Å²) in [4.78, 5) is 21.0. The van der Waals surface area contributed by atoms with E-state index >= 15 is 0 Å². The van der Waals surface area contributed by atoms with Crippen LogP contribution in [0.2, 0.25) is 5.02 Å². The number of aromatic amines is 1. The Hall–Kier alpha value is -3.64. The lowest BCUT2D eigenvalue weighted by Gasteiger charge is -2.14. The summed E-state index contributed by atoms with van der Waals surface area (Å²) in [6.45, 7) is 6.76. The monoisotopic (exact) mass is 457 g/mol. The van der Waals surface area contributed by atoms with Crippen LogP contribution in [0.1, 0.15) is 42.5 Å². The zero-order chi connectivity index (χ0) is 23.2. The fourth-order valence-electron chi connectivity index (χ4n) is 3.95. The zero-order valence-electron chi connectivity index (χ0n) is 18.7. The number of carbonyl (C=O) groups excluding carboxylic acids is 1. The summed E-state index contributed by atoms with van der Waals surface area (Å²) in [5, 5.41) is 10.3. The van der Waals surface area contributed by atoms with Gasteiger partial charge in [-0.3, -0.25) is 14.5 Å². The summed E-state index contributed by atoms with van der Waals surface area (Å²) in [7, 11) is 0. The predicted octanol–water partition coefficient (Wildman–Crippen LogP) is 6.16. The van der Waals surface area contributed by atoms with Crippen LogP contribution in [0, 0.1) is 0 Å². The number of rotatable bonds is 4. The maximum Gasteiger partial charge on any atom is 0.274 e. The van der Waals surface area contributed by atoms with Gasteiger partial charge in [0, 0.05) is 27.4 Å². The summed E-state index contributed by atoms with van der Waals surface area (Å²) >= 11 is 6.41. The van der Waals surface area contributed by atoms with Crippen LogP contribution in [0.15, 0.2) is 67.0 Å². The molecule has 33 heavy (non-hydrogen) atoms. The number of amides is 1. The van der Waals surface area contributed by atoms with Crippen molar-refractivity contribution in [2.24, 2.45) is 0 Å². The number of nitrogens with one attached hydrogen (secondary N) is 2. The third-order valence-electron chi connectivity index (χ3n) is 5.68. The number of H-pyrrole nitrogens is 1. The Morgan fingerprint density at radius 2 is 1.88 bits per heavy atom. The van der Waals surface area contributed by atoms with E-state index in [2.05, 4.69) is 36.1 Å². The van der Waals surface area contributed by atoms with E-state index in [-0.39, 0.29) is 11.3 Å². The number of pyridine rings is 1. The smallest absolute Gasteiger partial charge is 0.274 e. The average Bonchev–Trinajstić information content (AvgIpc) is 3.36. The van der Waals surface area contributed by atoms with E-state index < -0.39 is 0 Å². The standard InChI is InChI=1S/C26H24ClN5O/c1-26(2,3)23-13-22(32(31-23)15-16-7-5-4-6-8-16)25(33)30-20-12-17(27)11-19-18-9-10-28-14-21(18)29-24(19)20/h4-14,29H,15H2,1-3H3,(H,30,33). The molecule has 6 nitrogen and oxygen atoms in total. The molecule has 5 aromatic rings. The molecule has 0 aliphatic rings. The van der Waals surface area contributed by atoms with E-state index in [1.165, 1.54) is 0 Å². The van der Waals surface area contributed by atoms with Crippen LogP contribution in [0.25, 0.3) is 21.8 Å². The molecule has 2 aromatic carbocycles. The number of halogens is 1. The van der Waals surface area contributed by atoms with Crippen molar-refractivity contribution >= 4 is 45.0 Å². The van der Waals surface area contributed by atoms with Gasteiger partial charge < -0.3 is 10.3 Å². The van der Waals surface area contributed by atoms with Crippen LogP contribution >= 0.6 is 11.6 Å². The molecule has 0 aliphatic heterocycles. The summed E-state index contributed by atoms with van der Waals surface area (Å²) < 4.78 is 1.77. The minimum absolute atomic E-state index is 0.190. The molecule has 0 bridgehead atoms.